The average molecular weight is 533 g/mol. The number of ketones is 3. The third-order valence-corrected chi connectivity index (χ3v) is 8.74. The highest BCUT2D eigenvalue weighted by Gasteiger charge is 2.67. The lowest BCUT2D eigenvalue weighted by atomic mass is 9.52. The monoisotopic (exact) mass is 532 g/mol. The van der Waals surface area contributed by atoms with Crippen LogP contribution in [0, 0.1) is 34.9 Å². The Kier molecular flexibility index (Phi) is 6.27. The smallest absolute Gasteiger partial charge is 0.233 e. The summed E-state index contributed by atoms with van der Waals surface area (Å²) in [6.07, 6.45) is -0.899. The molecule has 0 spiro atoms. The van der Waals surface area contributed by atoms with Gasteiger partial charge in [-0.1, -0.05) is 0 Å². The Labute approximate surface area is 217 Å². The molecule has 1 aromatic rings. The maximum absolute atomic E-state index is 15.7. The van der Waals surface area contributed by atoms with E-state index in [9.17, 15) is 33.8 Å². The second-order valence-corrected chi connectivity index (χ2v) is 11.2. The van der Waals surface area contributed by atoms with Crippen molar-refractivity contribution in [3.63, 3.8) is 0 Å². The number of likely N-dealkylation sites (N-methyl/N-ethyl adjacent to an activating group) is 1. The zero-order chi connectivity index (χ0) is 27.8. The fraction of sp³-hybridized carbons (Fsp3) is 0.577. The number of hydrogen-bond donors (Lipinski definition) is 4. The first-order chi connectivity index (χ1) is 17.8. The van der Waals surface area contributed by atoms with Crippen molar-refractivity contribution in [2.75, 3.05) is 27.2 Å². The number of hydrogen-bond acceptors (Lipinski definition) is 9. The van der Waals surface area contributed by atoms with Gasteiger partial charge in [-0.05, 0) is 45.3 Å². The van der Waals surface area contributed by atoms with Gasteiger partial charge in [0.2, 0.25) is 5.91 Å². The molecule has 38 heavy (non-hydrogen) atoms. The van der Waals surface area contributed by atoms with Gasteiger partial charge in [-0.25, -0.2) is 8.78 Å². The Bertz CT molecular complexity index is 1280. The van der Waals surface area contributed by atoms with Crippen LogP contribution in [0.2, 0.25) is 0 Å². The first-order valence-corrected chi connectivity index (χ1v) is 12.6. The molecule has 7 atom stereocenters. The quantitative estimate of drug-likeness (QED) is 0.394. The molecule has 7 unspecified atom stereocenters. The van der Waals surface area contributed by atoms with E-state index in [4.69, 9.17) is 11.1 Å². The fourth-order valence-corrected chi connectivity index (χ4v) is 7.05. The standard InChI is InChI=1S/C26H30F2N4O6/c1-31(2)20-14-6-10-5-13-17(15(33)7-11(19(13)28)8-32-4-3-12(27)9-32)21(34)16(10)24(36)26(14,38)23(29)18(22(20)35)25(30)37/h7,10,12,14,16,18,20,29,33,38H,3-6,8-9H2,1-2H3,(H2,30,37). The van der Waals surface area contributed by atoms with Crippen molar-refractivity contribution in [1.82, 2.24) is 9.80 Å². The lowest BCUT2D eigenvalue weighted by Gasteiger charge is -2.53. The number of Topliss-reactive ketones (excluding diaryl/α,β-unsaturated/α-hetero) is 3. The van der Waals surface area contributed by atoms with Gasteiger partial charge in [-0.2, -0.15) is 0 Å². The van der Waals surface area contributed by atoms with Crippen molar-refractivity contribution in [3.8, 4) is 5.75 Å². The van der Waals surface area contributed by atoms with Crippen LogP contribution in [-0.2, 0) is 27.3 Å². The molecule has 5 N–H and O–H groups in total. The highest BCUT2D eigenvalue weighted by atomic mass is 19.1. The number of aromatic hydroxyl groups is 1. The van der Waals surface area contributed by atoms with E-state index in [1.54, 1.807) is 4.90 Å². The third kappa shape index (κ3) is 3.64. The number of phenolic OH excluding ortho intramolecular Hbond substituents is 1. The van der Waals surface area contributed by atoms with Crippen LogP contribution in [-0.4, -0.2) is 94.0 Å². The van der Waals surface area contributed by atoms with Crippen LogP contribution < -0.4 is 5.73 Å². The van der Waals surface area contributed by atoms with Gasteiger partial charge in [0.05, 0.1) is 23.2 Å². The molecule has 12 heteroatoms. The number of nitrogens with one attached hydrogen (secondary N) is 1. The normalized spacial score (nSPS) is 35.3. The molecular formula is C26H30F2N4O6. The molecule has 0 radical (unpaired) electrons. The molecule has 1 saturated heterocycles. The largest absolute Gasteiger partial charge is 0.507 e. The summed E-state index contributed by atoms with van der Waals surface area (Å²) in [7, 11) is 3.05. The van der Waals surface area contributed by atoms with Crippen LogP contribution >= 0.6 is 0 Å². The number of aliphatic hydroxyl groups is 1. The number of carbonyl (C=O) groups is 4. The number of fused-ring (bicyclic) bond motifs is 3. The van der Waals surface area contributed by atoms with Gasteiger partial charge >= 0.3 is 0 Å². The molecule has 5 rings (SSSR count). The summed E-state index contributed by atoms with van der Waals surface area (Å²) in [5.41, 5.74) is 1.58. The number of phenols is 1. The molecule has 1 aromatic carbocycles. The number of carbonyl (C=O) groups excluding carboxylic acids is 4. The molecule has 4 aliphatic rings. The topological polar surface area (TPSA) is 165 Å². The van der Waals surface area contributed by atoms with Crippen LogP contribution in [0.5, 0.6) is 5.75 Å². The minimum atomic E-state index is -2.61. The van der Waals surface area contributed by atoms with Crippen LogP contribution in [0.3, 0.4) is 0 Å². The second-order valence-electron chi connectivity index (χ2n) is 11.2. The summed E-state index contributed by atoms with van der Waals surface area (Å²) in [5, 5.41) is 30.9. The van der Waals surface area contributed by atoms with E-state index in [0.717, 1.165) is 6.07 Å². The Morgan fingerprint density at radius 2 is 2.00 bits per heavy atom. The second kappa shape index (κ2) is 8.99. The lowest BCUT2D eigenvalue weighted by Crippen LogP contribution is -2.73. The van der Waals surface area contributed by atoms with E-state index in [-0.39, 0.29) is 42.6 Å². The summed E-state index contributed by atoms with van der Waals surface area (Å²) in [6.45, 7) is 0.600. The van der Waals surface area contributed by atoms with E-state index in [2.05, 4.69) is 0 Å². The molecule has 2 saturated carbocycles. The molecule has 1 aliphatic heterocycles. The van der Waals surface area contributed by atoms with Crippen molar-refractivity contribution in [3.05, 3.63) is 28.6 Å². The van der Waals surface area contributed by atoms with Crippen LogP contribution in [0.4, 0.5) is 8.78 Å². The summed E-state index contributed by atoms with van der Waals surface area (Å²) in [4.78, 5) is 55.8. The Morgan fingerprint density at radius 3 is 2.58 bits per heavy atom. The molecule has 3 aliphatic carbocycles. The molecule has 3 fully saturated rings. The van der Waals surface area contributed by atoms with Crippen LogP contribution in [0.25, 0.3) is 0 Å². The number of nitrogens with zero attached hydrogens (tertiary/aromatic N) is 2. The Hall–Kier alpha value is -3.09. The van der Waals surface area contributed by atoms with Crippen LogP contribution in [0.15, 0.2) is 6.07 Å². The van der Waals surface area contributed by atoms with Gasteiger partial charge in [0.15, 0.2) is 23.0 Å². The number of primary amides is 1. The zero-order valence-electron chi connectivity index (χ0n) is 21.0. The van der Waals surface area contributed by atoms with Crippen molar-refractivity contribution in [2.24, 2.45) is 29.4 Å². The van der Waals surface area contributed by atoms with E-state index < -0.39 is 82.0 Å². The van der Waals surface area contributed by atoms with E-state index in [1.165, 1.54) is 19.0 Å². The van der Waals surface area contributed by atoms with Gasteiger partial charge in [0, 0.05) is 36.7 Å². The average Bonchev–Trinajstić information content (AvgIpc) is 3.23. The van der Waals surface area contributed by atoms with E-state index in [0.29, 0.717) is 13.0 Å². The Morgan fingerprint density at radius 1 is 1.32 bits per heavy atom. The minimum absolute atomic E-state index is 0.0412. The van der Waals surface area contributed by atoms with Gasteiger partial charge in [0.1, 0.15) is 23.7 Å². The van der Waals surface area contributed by atoms with Crippen LogP contribution in [0.1, 0.15) is 34.3 Å². The van der Waals surface area contributed by atoms with E-state index in [1.807, 2.05) is 0 Å². The molecule has 0 bridgehead atoms. The minimum Gasteiger partial charge on any atom is -0.507 e. The summed E-state index contributed by atoms with van der Waals surface area (Å²) in [5.74, 6) is -10.4. The SMILES string of the molecule is CN(C)C1C(=O)C(C(N)=O)C(=N)C2(O)C(=O)C3C(=O)c4c(O)cc(CN5CCC(F)C5)c(F)c4CC3CC12. The van der Waals surface area contributed by atoms with E-state index >= 15 is 4.39 Å². The molecule has 204 valence electrons. The Balaban J connectivity index is 1.57. The summed E-state index contributed by atoms with van der Waals surface area (Å²) >= 11 is 0. The fourth-order valence-electron chi connectivity index (χ4n) is 7.05. The maximum atomic E-state index is 15.7. The summed E-state index contributed by atoms with van der Waals surface area (Å²) < 4.78 is 29.4. The van der Waals surface area contributed by atoms with Gasteiger partial charge in [0.25, 0.3) is 0 Å². The van der Waals surface area contributed by atoms with Gasteiger partial charge < -0.3 is 21.4 Å². The number of benzene rings is 1. The number of alkyl halides is 1. The van der Waals surface area contributed by atoms with Gasteiger partial charge in [-0.15, -0.1) is 0 Å². The highest BCUT2D eigenvalue weighted by Crippen LogP contribution is 2.51. The van der Waals surface area contributed by atoms with Crippen molar-refractivity contribution in [2.45, 2.75) is 43.6 Å². The number of amides is 1. The first kappa shape index (κ1) is 26.5. The number of halogens is 2. The predicted octanol–water partition coefficient (Wildman–Crippen LogP) is 0.000570. The zero-order valence-corrected chi connectivity index (χ0v) is 21.0. The first-order valence-electron chi connectivity index (χ1n) is 12.6. The van der Waals surface area contributed by atoms with Crippen molar-refractivity contribution < 1.29 is 38.2 Å². The van der Waals surface area contributed by atoms with Crippen molar-refractivity contribution in [1.29, 1.82) is 5.41 Å². The molecule has 1 amide bonds. The molecule has 0 aromatic heterocycles. The highest BCUT2D eigenvalue weighted by molar-refractivity contribution is 6.33. The van der Waals surface area contributed by atoms with Crippen molar-refractivity contribution >= 4 is 29.0 Å². The molecule has 10 nitrogen and oxygen atoms in total. The molecule has 1 heterocycles. The summed E-state index contributed by atoms with van der Waals surface area (Å²) in [6, 6.07) is -0.0451. The molecular weight excluding hydrogens is 502 g/mol. The maximum Gasteiger partial charge on any atom is 0.233 e. The predicted molar refractivity (Wildman–Crippen MR) is 129 cm³/mol. The lowest BCUT2D eigenvalue weighted by molar-refractivity contribution is -0.157. The van der Waals surface area contributed by atoms with Gasteiger partial charge in [-0.3, -0.25) is 29.0 Å². The third-order valence-electron chi connectivity index (χ3n) is 8.74. The number of nitrogens with two attached hydrogens (primary N) is 1. The number of rotatable bonds is 4. The number of likely N-dealkylation sites (tertiary alicyclic amines) is 1.